The van der Waals surface area contributed by atoms with Gasteiger partial charge in [-0.1, -0.05) is 37.0 Å². The predicted octanol–water partition coefficient (Wildman–Crippen LogP) is 2.03. The van der Waals surface area contributed by atoms with Crippen molar-refractivity contribution in [1.82, 2.24) is 20.6 Å². The normalized spacial score (nSPS) is 16.5. The van der Waals surface area contributed by atoms with Gasteiger partial charge in [0.2, 0.25) is 9.84 Å². The number of hydrogen-bond acceptors (Lipinski definition) is 8. The van der Waals surface area contributed by atoms with E-state index in [-0.39, 0.29) is 38.0 Å². The molecule has 1 aliphatic heterocycles. The molecule has 1 aromatic carbocycles. The van der Waals surface area contributed by atoms with Gasteiger partial charge in [0.05, 0.1) is 16.6 Å². The Morgan fingerprint density at radius 2 is 1.87 bits per heavy atom. The summed E-state index contributed by atoms with van der Waals surface area (Å²) in [4.78, 5) is 27.5. The van der Waals surface area contributed by atoms with Crippen LogP contribution < -0.4 is 21.7 Å². The van der Waals surface area contributed by atoms with E-state index in [2.05, 4.69) is 26.0 Å². The van der Waals surface area contributed by atoms with Gasteiger partial charge in [-0.25, -0.2) is 17.9 Å². The van der Waals surface area contributed by atoms with E-state index in [0.29, 0.717) is 11.3 Å². The number of aromatic nitrogens is 2. The van der Waals surface area contributed by atoms with Gasteiger partial charge in [-0.15, -0.1) is 5.48 Å². The SMILES string of the molecule is CC(C)c1cc(S(=O)(=O)c2c(Cl)cc(NCC3NOC(=O)N3)cc2Cl)nn(C)c1=O. The lowest BCUT2D eigenvalue weighted by molar-refractivity contribution is 0.123. The minimum atomic E-state index is -4.20. The minimum Gasteiger partial charge on any atom is -0.381 e. The van der Waals surface area contributed by atoms with E-state index >= 15 is 0 Å². The van der Waals surface area contributed by atoms with Crippen LogP contribution in [-0.2, 0) is 21.7 Å². The summed E-state index contributed by atoms with van der Waals surface area (Å²) in [6, 6.07) is 4.03. The fourth-order valence-electron chi connectivity index (χ4n) is 2.81. The molecule has 0 aliphatic carbocycles. The van der Waals surface area contributed by atoms with Crippen LogP contribution in [0.3, 0.4) is 0 Å². The summed E-state index contributed by atoms with van der Waals surface area (Å²) in [5.74, 6) is -0.202. The Hall–Kier alpha value is -2.34. The van der Waals surface area contributed by atoms with Crippen molar-refractivity contribution in [3.05, 3.63) is 44.2 Å². The highest BCUT2D eigenvalue weighted by atomic mass is 35.5. The lowest BCUT2D eigenvalue weighted by atomic mass is 10.1. The molecule has 0 radical (unpaired) electrons. The van der Waals surface area contributed by atoms with Crippen molar-refractivity contribution >= 4 is 44.8 Å². The maximum Gasteiger partial charge on any atom is 0.427 e. The number of nitrogens with zero attached hydrogens (tertiary/aromatic N) is 2. The van der Waals surface area contributed by atoms with Crippen LogP contribution in [0.5, 0.6) is 0 Å². The first-order valence-electron chi connectivity index (χ1n) is 8.80. The predicted molar refractivity (Wildman–Crippen MR) is 111 cm³/mol. The van der Waals surface area contributed by atoms with Crippen LogP contribution in [0.25, 0.3) is 0 Å². The van der Waals surface area contributed by atoms with Gasteiger partial charge in [0.25, 0.3) is 5.56 Å². The number of benzene rings is 1. The fourth-order valence-corrected chi connectivity index (χ4v) is 5.26. The molecule has 3 N–H and O–H groups in total. The third kappa shape index (κ3) is 4.38. The molecule has 0 spiro atoms. The smallest absolute Gasteiger partial charge is 0.381 e. The molecule has 1 unspecified atom stereocenters. The second-order valence-corrected chi connectivity index (χ2v) is 9.53. The van der Waals surface area contributed by atoms with Crippen molar-refractivity contribution in [2.75, 3.05) is 11.9 Å². The van der Waals surface area contributed by atoms with E-state index in [4.69, 9.17) is 23.2 Å². The quantitative estimate of drug-likeness (QED) is 0.577. The average Bonchev–Trinajstić information content (AvgIpc) is 3.06. The number of hydroxylamine groups is 1. The summed E-state index contributed by atoms with van der Waals surface area (Å²) >= 11 is 12.5. The number of hydrogen-bond donors (Lipinski definition) is 3. The molecule has 1 aliphatic rings. The molecule has 1 aromatic heterocycles. The molecule has 0 bridgehead atoms. The third-order valence-electron chi connectivity index (χ3n) is 4.33. The van der Waals surface area contributed by atoms with Crippen molar-refractivity contribution in [1.29, 1.82) is 0 Å². The zero-order valence-corrected chi connectivity index (χ0v) is 18.5. The number of halogens is 2. The largest absolute Gasteiger partial charge is 0.427 e. The maximum absolute atomic E-state index is 13.2. The van der Waals surface area contributed by atoms with Crippen LogP contribution in [0, 0.1) is 0 Å². The number of carbonyl (C=O) groups is 1. The van der Waals surface area contributed by atoms with Crippen molar-refractivity contribution in [2.45, 2.75) is 35.9 Å². The molecule has 1 saturated heterocycles. The first kappa shape index (κ1) is 22.3. The summed E-state index contributed by atoms with van der Waals surface area (Å²) < 4.78 is 27.4. The number of amides is 1. The second kappa shape index (κ2) is 8.42. The Balaban J connectivity index is 1.95. The standard InChI is InChI=1S/C17H19Cl2N5O5S/c1-8(2)10-6-14(22-24(3)16(10)25)30(27,28)15-11(18)4-9(5-12(15)19)20-7-13-21-17(26)29-23-13/h4-6,8,13,20,23H,7H2,1-3H3,(H,21,26). The van der Waals surface area contributed by atoms with E-state index in [1.807, 2.05) is 0 Å². The van der Waals surface area contributed by atoms with Crippen molar-refractivity contribution < 1.29 is 18.0 Å². The summed E-state index contributed by atoms with van der Waals surface area (Å²) in [6.07, 6.45) is -1.09. The summed E-state index contributed by atoms with van der Waals surface area (Å²) in [5.41, 5.74) is 2.83. The summed E-state index contributed by atoms with van der Waals surface area (Å²) in [7, 11) is -2.82. The second-order valence-electron chi connectivity index (χ2n) is 6.88. The van der Waals surface area contributed by atoms with Gasteiger partial charge in [-0.05, 0) is 24.1 Å². The van der Waals surface area contributed by atoms with Gasteiger partial charge < -0.3 is 10.2 Å². The van der Waals surface area contributed by atoms with Crippen LogP contribution in [-0.4, -0.2) is 37.0 Å². The summed E-state index contributed by atoms with van der Waals surface area (Å²) in [6.45, 7) is 3.78. The number of nitrogens with one attached hydrogen (secondary N) is 3. The molecule has 162 valence electrons. The van der Waals surface area contributed by atoms with Crippen molar-refractivity contribution in [2.24, 2.45) is 7.05 Å². The van der Waals surface area contributed by atoms with Crippen LogP contribution in [0.2, 0.25) is 10.0 Å². The van der Waals surface area contributed by atoms with Crippen LogP contribution >= 0.6 is 23.2 Å². The van der Waals surface area contributed by atoms with Gasteiger partial charge in [0.15, 0.2) is 5.03 Å². The summed E-state index contributed by atoms with van der Waals surface area (Å²) in [5, 5.41) is 8.79. The highest BCUT2D eigenvalue weighted by Crippen LogP contribution is 2.36. The van der Waals surface area contributed by atoms with Crippen molar-refractivity contribution in [3.8, 4) is 0 Å². The highest BCUT2D eigenvalue weighted by molar-refractivity contribution is 7.91. The number of anilines is 1. The van der Waals surface area contributed by atoms with Crippen molar-refractivity contribution in [3.63, 3.8) is 0 Å². The lowest BCUT2D eigenvalue weighted by Crippen LogP contribution is -2.38. The molecule has 1 fully saturated rings. The van der Waals surface area contributed by atoms with Gasteiger partial charge in [-0.2, -0.15) is 5.10 Å². The number of sulfone groups is 1. The molecule has 1 amide bonds. The van der Waals surface area contributed by atoms with Gasteiger partial charge in [0, 0.05) is 18.3 Å². The van der Waals surface area contributed by atoms with E-state index in [1.165, 1.54) is 25.2 Å². The molecule has 30 heavy (non-hydrogen) atoms. The maximum atomic E-state index is 13.2. The Kier molecular flexibility index (Phi) is 6.27. The highest BCUT2D eigenvalue weighted by Gasteiger charge is 2.29. The molecule has 0 saturated carbocycles. The fraction of sp³-hybridized carbons (Fsp3) is 0.353. The molecule has 13 heteroatoms. The average molecular weight is 476 g/mol. The zero-order chi connectivity index (χ0) is 22.2. The zero-order valence-electron chi connectivity index (χ0n) is 16.2. The lowest BCUT2D eigenvalue weighted by Gasteiger charge is -2.15. The molecule has 1 atom stereocenters. The third-order valence-corrected chi connectivity index (χ3v) is 6.88. The Morgan fingerprint density at radius 1 is 1.23 bits per heavy atom. The first-order valence-corrected chi connectivity index (χ1v) is 11.0. The molecule has 2 heterocycles. The number of carbonyl (C=O) groups excluding carboxylic acids is 1. The molecular weight excluding hydrogens is 457 g/mol. The Labute approximate surface area is 182 Å². The van der Waals surface area contributed by atoms with Gasteiger partial charge in [0.1, 0.15) is 11.1 Å². The van der Waals surface area contributed by atoms with Crippen LogP contribution in [0.15, 0.2) is 32.9 Å². The monoisotopic (exact) mass is 475 g/mol. The molecule has 10 nitrogen and oxygen atoms in total. The first-order chi connectivity index (χ1) is 14.0. The molecule has 2 aromatic rings. The van der Waals surface area contributed by atoms with E-state index in [1.54, 1.807) is 13.8 Å². The number of rotatable bonds is 6. The van der Waals surface area contributed by atoms with E-state index in [9.17, 15) is 18.0 Å². The Morgan fingerprint density at radius 3 is 2.40 bits per heavy atom. The number of aryl methyl sites for hydroxylation is 1. The molecular formula is C17H19Cl2N5O5S. The Bertz CT molecular complexity index is 1140. The topological polar surface area (TPSA) is 131 Å². The van der Waals surface area contributed by atoms with Gasteiger partial charge in [-0.3, -0.25) is 10.1 Å². The van der Waals surface area contributed by atoms with E-state index < -0.39 is 22.1 Å². The van der Waals surface area contributed by atoms with Crippen LogP contribution in [0.1, 0.15) is 25.3 Å². The minimum absolute atomic E-state index is 0.119. The molecule has 3 rings (SSSR count). The van der Waals surface area contributed by atoms with E-state index in [0.717, 1.165) is 4.68 Å². The van der Waals surface area contributed by atoms with Gasteiger partial charge >= 0.3 is 6.09 Å². The van der Waals surface area contributed by atoms with Crippen LogP contribution in [0.4, 0.5) is 10.5 Å².